The molecule has 0 spiro atoms. The average Bonchev–Trinajstić information content (AvgIpc) is 3.31. The maximum absolute atomic E-state index is 2.63. The van der Waals surface area contributed by atoms with E-state index in [1.807, 2.05) is 3.33 Å². The van der Waals surface area contributed by atoms with Crippen molar-refractivity contribution in [2.24, 2.45) is 0 Å². The molecule has 2 aromatic carbocycles. The summed E-state index contributed by atoms with van der Waals surface area (Å²) in [4.78, 5) is 0. The number of fused-ring (bicyclic) bond motifs is 3. The Labute approximate surface area is 235 Å². The van der Waals surface area contributed by atoms with Gasteiger partial charge in [-0.05, 0) is 0 Å². The van der Waals surface area contributed by atoms with Crippen LogP contribution < -0.4 is 24.8 Å². The van der Waals surface area contributed by atoms with E-state index in [0.717, 1.165) is 0 Å². The fourth-order valence-electron chi connectivity index (χ4n) is 5.67. The summed E-state index contributed by atoms with van der Waals surface area (Å²) in [5.41, 5.74) is 11.1. The molecule has 0 aliphatic heterocycles. The van der Waals surface area contributed by atoms with Crippen molar-refractivity contribution in [3.63, 3.8) is 0 Å². The smallest absolute Gasteiger partial charge is 1.00 e. The van der Waals surface area contributed by atoms with E-state index in [1.54, 1.807) is 16.7 Å². The van der Waals surface area contributed by atoms with E-state index in [2.05, 4.69) is 111 Å². The summed E-state index contributed by atoms with van der Waals surface area (Å²) in [5.74, 6) is 0. The number of rotatable bonds is 4. The van der Waals surface area contributed by atoms with Gasteiger partial charge in [0, 0.05) is 0 Å². The monoisotopic (exact) mass is 692 g/mol. The molecule has 188 valence electrons. The molecule has 0 radical (unpaired) electrons. The minimum absolute atomic E-state index is 0. The minimum atomic E-state index is -2.22. The summed E-state index contributed by atoms with van der Waals surface area (Å²) in [6, 6.07) is 17.9. The Kier molecular flexibility index (Phi) is 10.2. The summed E-state index contributed by atoms with van der Waals surface area (Å²) in [5, 5.41) is 0. The third-order valence-electron chi connectivity index (χ3n) is 7.76. The summed E-state index contributed by atoms with van der Waals surface area (Å²) in [7, 11) is 0. The van der Waals surface area contributed by atoms with Crippen molar-refractivity contribution < 1.29 is 44.9 Å². The van der Waals surface area contributed by atoms with Crippen LogP contribution in [-0.2, 0) is 30.9 Å². The molecule has 0 atom stereocenters. The maximum Gasteiger partial charge on any atom is -1.00 e. The second kappa shape index (κ2) is 11.5. The van der Waals surface area contributed by atoms with Crippen LogP contribution in [0.25, 0.3) is 11.1 Å². The van der Waals surface area contributed by atoms with E-state index in [4.69, 9.17) is 0 Å². The fourth-order valence-corrected chi connectivity index (χ4v) is 38.2. The largest absolute Gasteiger partial charge is 1.00 e. The van der Waals surface area contributed by atoms with Crippen LogP contribution in [0.3, 0.4) is 0 Å². The zero-order chi connectivity index (χ0) is 24.1. The predicted octanol–water partition coefficient (Wildman–Crippen LogP) is 3.24. The quantitative estimate of drug-likeness (QED) is 0.433. The molecule has 4 heteroatoms. The number of hydrogen-bond donors (Lipinski definition) is 0. The zero-order valence-corrected chi connectivity index (χ0v) is 29.2. The Bertz CT molecular complexity index is 1120. The maximum atomic E-state index is 2.63. The van der Waals surface area contributed by atoms with Gasteiger partial charge in [-0.15, -0.1) is 0 Å². The Morgan fingerprint density at radius 2 is 1.26 bits per heavy atom. The van der Waals surface area contributed by atoms with Gasteiger partial charge in [0.2, 0.25) is 0 Å². The van der Waals surface area contributed by atoms with Crippen LogP contribution in [0.4, 0.5) is 0 Å². The Morgan fingerprint density at radius 1 is 0.800 bits per heavy atom. The van der Waals surface area contributed by atoms with Gasteiger partial charge in [0.1, 0.15) is 0 Å². The molecule has 2 aliphatic carbocycles. The van der Waals surface area contributed by atoms with Crippen molar-refractivity contribution >= 4 is 5.49 Å². The predicted molar refractivity (Wildman–Crippen MR) is 144 cm³/mol. The van der Waals surface area contributed by atoms with Crippen LogP contribution in [0.2, 0.25) is 12.1 Å². The Hall–Kier alpha value is -0.413. The van der Waals surface area contributed by atoms with Gasteiger partial charge in [-0.3, -0.25) is 0 Å². The van der Waals surface area contributed by atoms with Crippen LogP contribution >= 0.6 is 0 Å². The van der Waals surface area contributed by atoms with Crippen molar-refractivity contribution in [1.29, 1.82) is 0 Å². The number of benzene rings is 2. The zero-order valence-electron chi connectivity index (χ0n) is 23.1. The van der Waals surface area contributed by atoms with E-state index < -0.39 is 20.1 Å². The second-order valence-corrected chi connectivity index (χ2v) is 33.9. The van der Waals surface area contributed by atoms with E-state index in [-0.39, 0.29) is 41.1 Å². The molecule has 0 saturated heterocycles. The molecule has 2 aliphatic rings. The summed E-state index contributed by atoms with van der Waals surface area (Å²) < 4.78 is 2.63. The van der Waals surface area contributed by atoms with Crippen molar-refractivity contribution in [1.82, 2.24) is 0 Å². The van der Waals surface area contributed by atoms with E-state index >= 15 is 0 Å². The van der Waals surface area contributed by atoms with Crippen molar-refractivity contribution in [2.75, 3.05) is 0 Å². The molecule has 0 saturated carbocycles. The third kappa shape index (κ3) is 5.87. The molecule has 2 aromatic rings. The first kappa shape index (κ1) is 30.8. The summed E-state index contributed by atoms with van der Waals surface area (Å²) in [6.45, 7) is 21.6. The molecule has 0 nitrogen and oxygen atoms in total. The first-order chi connectivity index (χ1) is 15.5. The SMILES string of the molecule is CC[Si](CC)=[Hf+2]([C]1=C(C)C=CC1)[CH]1c2cc(C(C)(C)C)ccc2-c2ccc(C(C)(C)C)cc21.[Cl-].[Cl-]. The number of allylic oxidation sites excluding steroid dienone is 4. The van der Waals surface area contributed by atoms with Gasteiger partial charge >= 0.3 is 212 Å². The van der Waals surface area contributed by atoms with Crippen molar-refractivity contribution in [2.45, 2.75) is 95.3 Å². The summed E-state index contributed by atoms with van der Waals surface area (Å²) >= 11 is -2.22. The molecule has 0 aromatic heterocycles. The minimum Gasteiger partial charge on any atom is -1.00 e. The van der Waals surface area contributed by atoms with Crippen LogP contribution in [0.15, 0.2) is 57.5 Å². The summed E-state index contributed by atoms with van der Waals surface area (Å²) in [6.07, 6.45) is 6.12. The van der Waals surface area contributed by atoms with Gasteiger partial charge < -0.3 is 24.8 Å². The molecule has 0 amide bonds. The molecule has 0 bridgehead atoms. The molecule has 0 fully saturated rings. The van der Waals surface area contributed by atoms with Crippen molar-refractivity contribution in [3.8, 4) is 11.1 Å². The number of hydrogen-bond acceptors (Lipinski definition) is 0. The molecule has 0 N–H and O–H groups in total. The van der Waals surface area contributed by atoms with Crippen LogP contribution in [-0.4, -0.2) is 5.49 Å². The van der Waals surface area contributed by atoms with Gasteiger partial charge in [-0.25, -0.2) is 0 Å². The molecule has 4 rings (SSSR count). The van der Waals surface area contributed by atoms with Crippen LogP contribution in [0.1, 0.15) is 94.7 Å². The average molecular weight is 692 g/mol. The normalized spacial score (nSPS) is 14.6. The number of halogens is 2. The van der Waals surface area contributed by atoms with Crippen LogP contribution in [0.5, 0.6) is 0 Å². The first-order valence-corrected chi connectivity index (χ1v) is 24.0. The molecule has 0 heterocycles. The van der Waals surface area contributed by atoms with Gasteiger partial charge in [-0.2, -0.15) is 0 Å². The van der Waals surface area contributed by atoms with Crippen LogP contribution in [0, 0.1) is 0 Å². The Morgan fingerprint density at radius 3 is 1.60 bits per heavy atom. The standard InChI is InChI=1S/C21H25.C6H7.C4H10Si.2ClH.Hf/c1-20(2,3)16-7-9-18-14(12-16)11-15-13-17(21(4,5)6)8-10-19(15)18;1-6-4-2-3-5-6;1-3-5-4-2;;;/h7-13H,1-6H3;2,4H,3H2,1H3;3-4H2,1-2H3;2*1H;/q;;;;;+2/p-2. The fraction of sp³-hybridized carbons (Fsp3) is 0.484. The van der Waals surface area contributed by atoms with Crippen molar-refractivity contribution in [3.05, 3.63) is 79.7 Å². The molecule has 35 heavy (non-hydrogen) atoms. The third-order valence-corrected chi connectivity index (χ3v) is 39.7. The first-order valence-electron chi connectivity index (χ1n) is 12.8. The Balaban J connectivity index is 0.00000216. The molecule has 0 unspecified atom stereocenters. The second-order valence-electron chi connectivity index (χ2n) is 12.0. The van der Waals surface area contributed by atoms with Gasteiger partial charge in [0.05, 0.1) is 0 Å². The topological polar surface area (TPSA) is 0 Å². The molecular weight excluding hydrogens is 650 g/mol. The molecular formula is C31H42Cl2HfSi. The van der Waals surface area contributed by atoms with Gasteiger partial charge in [0.25, 0.3) is 0 Å². The van der Waals surface area contributed by atoms with Gasteiger partial charge in [-0.1, -0.05) is 0 Å². The van der Waals surface area contributed by atoms with E-state index in [1.165, 1.54) is 40.8 Å². The van der Waals surface area contributed by atoms with E-state index in [0.29, 0.717) is 3.67 Å². The van der Waals surface area contributed by atoms with Gasteiger partial charge in [0.15, 0.2) is 0 Å². The van der Waals surface area contributed by atoms with E-state index in [9.17, 15) is 0 Å².